The summed E-state index contributed by atoms with van der Waals surface area (Å²) in [4.78, 5) is 30.3. The van der Waals surface area contributed by atoms with Gasteiger partial charge in [-0.1, -0.05) is 12.1 Å². The highest BCUT2D eigenvalue weighted by Crippen LogP contribution is 2.33. The van der Waals surface area contributed by atoms with Crippen molar-refractivity contribution in [2.45, 2.75) is 45.9 Å². The number of rotatable bonds is 9. The van der Waals surface area contributed by atoms with Crippen molar-refractivity contribution in [1.82, 2.24) is 9.80 Å². The Kier molecular flexibility index (Phi) is 7.83. The number of urea groups is 1. The second-order valence-corrected chi connectivity index (χ2v) is 9.76. The molecule has 9 heteroatoms. The Hall–Kier alpha value is -3.98. The van der Waals surface area contributed by atoms with Crippen LogP contribution in [0.1, 0.15) is 35.3 Å². The van der Waals surface area contributed by atoms with Gasteiger partial charge in [-0.15, -0.1) is 0 Å². The monoisotopic (exact) mass is 519 g/mol. The van der Waals surface area contributed by atoms with E-state index < -0.39 is 0 Å². The average Bonchev–Trinajstić information content (AvgIpc) is 3.68. The average molecular weight is 520 g/mol. The van der Waals surface area contributed by atoms with Crippen LogP contribution in [0, 0.1) is 13.8 Å². The number of ether oxygens (including phenoxy) is 3. The number of carbonyl (C=O) groups excluding carboxylic acids is 2. The number of furan rings is 1. The van der Waals surface area contributed by atoms with Crippen molar-refractivity contribution < 1.29 is 28.2 Å². The van der Waals surface area contributed by atoms with Crippen molar-refractivity contribution in [2.24, 2.45) is 0 Å². The van der Waals surface area contributed by atoms with Crippen LogP contribution in [0.2, 0.25) is 0 Å². The van der Waals surface area contributed by atoms with Crippen LogP contribution in [0.15, 0.2) is 59.2 Å². The van der Waals surface area contributed by atoms with E-state index in [9.17, 15) is 9.59 Å². The minimum Gasteiger partial charge on any atom is -0.467 e. The maximum absolute atomic E-state index is 13.7. The molecular formula is C29H33N3O6. The summed E-state index contributed by atoms with van der Waals surface area (Å²) in [5.74, 6) is 1.79. The molecule has 1 saturated heterocycles. The molecule has 1 fully saturated rings. The van der Waals surface area contributed by atoms with E-state index in [1.165, 1.54) is 0 Å². The van der Waals surface area contributed by atoms with Gasteiger partial charge in [0.05, 0.1) is 18.9 Å². The normalized spacial score (nSPS) is 15.9. The van der Waals surface area contributed by atoms with Crippen molar-refractivity contribution in [3.05, 3.63) is 77.2 Å². The highest BCUT2D eigenvalue weighted by Gasteiger charge is 2.27. The molecule has 0 spiro atoms. The molecule has 2 aromatic carbocycles. The number of amides is 3. The minimum atomic E-state index is -0.335. The second kappa shape index (κ2) is 11.6. The van der Waals surface area contributed by atoms with Gasteiger partial charge in [0.1, 0.15) is 12.3 Å². The fourth-order valence-corrected chi connectivity index (χ4v) is 4.62. The maximum Gasteiger partial charge on any atom is 0.322 e. The molecule has 0 radical (unpaired) electrons. The lowest BCUT2D eigenvalue weighted by molar-refractivity contribution is -0.133. The lowest BCUT2D eigenvalue weighted by atomic mass is 10.1. The van der Waals surface area contributed by atoms with E-state index in [0.29, 0.717) is 42.6 Å². The largest absolute Gasteiger partial charge is 0.467 e. The summed E-state index contributed by atoms with van der Waals surface area (Å²) in [5.41, 5.74) is 3.81. The number of nitrogens with one attached hydrogen (secondary N) is 1. The third kappa shape index (κ3) is 6.28. The molecule has 3 aromatic rings. The van der Waals surface area contributed by atoms with Crippen LogP contribution >= 0.6 is 0 Å². The predicted octanol–water partition coefficient (Wildman–Crippen LogP) is 4.87. The minimum absolute atomic E-state index is 0.0954. The number of aryl methyl sites for hydroxylation is 2. The molecule has 0 aliphatic carbocycles. The van der Waals surface area contributed by atoms with Gasteiger partial charge in [-0.3, -0.25) is 4.79 Å². The molecule has 1 N–H and O–H groups in total. The SMILES string of the molecule is Cc1ccc(NC(=O)N(CC(=O)N(Cc2ccc3c(c2)OCO3)Cc2ccco2)CC2CCCO2)cc1C. The van der Waals surface area contributed by atoms with Crippen LogP contribution in [0.5, 0.6) is 11.5 Å². The van der Waals surface area contributed by atoms with E-state index in [2.05, 4.69) is 5.32 Å². The number of hydrogen-bond acceptors (Lipinski definition) is 6. The van der Waals surface area contributed by atoms with Gasteiger partial charge >= 0.3 is 6.03 Å². The van der Waals surface area contributed by atoms with Crippen LogP contribution in [-0.2, 0) is 22.6 Å². The van der Waals surface area contributed by atoms with Gasteiger partial charge in [-0.05, 0) is 79.8 Å². The Bertz CT molecular complexity index is 1270. The summed E-state index contributed by atoms with van der Waals surface area (Å²) in [6, 6.07) is 14.7. The van der Waals surface area contributed by atoms with E-state index in [1.807, 2.05) is 56.3 Å². The van der Waals surface area contributed by atoms with Crippen molar-refractivity contribution in [2.75, 3.05) is 31.8 Å². The van der Waals surface area contributed by atoms with Crippen LogP contribution in [-0.4, -0.2) is 54.3 Å². The number of benzene rings is 2. The van der Waals surface area contributed by atoms with Crippen molar-refractivity contribution in [3.8, 4) is 11.5 Å². The first-order chi connectivity index (χ1) is 18.4. The smallest absolute Gasteiger partial charge is 0.322 e. The van der Waals surface area contributed by atoms with Crippen LogP contribution in [0.3, 0.4) is 0 Å². The van der Waals surface area contributed by atoms with Crippen molar-refractivity contribution in [1.29, 1.82) is 0 Å². The molecule has 9 nitrogen and oxygen atoms in total. The molecule has 3 amide bonds. The summed E-state index contributed by atoms with van der Waals surface area (Å²) in [6.45, 7) is 5.71. The molecule has 1 aromatic heterocycles. The summed E-state index contributed by atoms with van der Waals surface area (Å²) in [5, 5.41) is 2.96. The van der Waals surface area contributed by atoms with Gasteiger partial charge in [0.2, 0.25) is 12.7 Å². The summed E-state index contributed by atoms with van der Waals surface area (Å²) in [6.07, 6.45) is 3.29. The third-order valence-corrected chi connectivity index (χ3v) is 6.91. The first kappa shape index (κ1) is 25.7. The number of hydrogen-bond donors (Lipinski definition) is 1. The highest BCUT2D eigenvalue weighted by atomic mass is 16.7. The Labute approximate surface area is 222 Å². The van der Waals surface area contributed by atoms with E-state index in [-0.39, 0.29) is 37.9 Å². The Morgan fingerprint density at radius 1 is 0.974 bits per heavy atom. The van der Waals surface area contributed by atoms with Crippen molar-refractivity contribution in [3.63, 3.8) is 0 Å². The molecular weight excluding hydrogens is 486 g/mol. The molecule has 0 bridgehead atoms. The predicted molar refractivity (Wildman–Crippen MR) is 141 cm³/mol. The fraction of sp³-hybridized carbons (Fsp3) is 0.379. The zero-order valence-electron chi connectivity index (χ0n) is 21.8. The van der Waals surface area contributed by atoms with Gasteiger partial charge in [0, 0.05) is 25.4 Å². The van der Waals surface area contributed by atoms with E-state index in [1.54, 1.807) is 22.1 Å². The van der Waals surface area contributed by atoms with Gasteiger partial charge in [0.25, 0.3) is 0 Å². The number of fused-ring (bicyclic) bond motifs is 1. The molecule has 2 aliphatic rings. The van der Waals surface area contributed by atoms with E-state index >= 15 is 0 Å². The Morgan fingerprint density at radius 3 is 2.61 bits per heavy atom. The zero-order valence-corrected chi connectivity index (χ0v) is 21.8. The first-order valence-electron chi connectivity index (χ1n) is 12.9. The second-order valence-electron chi connectivity index (χ2n) is 9.76. The number of anilines is 1. The van der Waals surface area contributed by atoms with E-state index in [0.717, 1.165) is 29.5 Å². The molecule has 200 valence electrons. The highest BCUT2D eigenvalue weighted by molar-refractivity contribution is 5.92. The lowest BCUT2D eigenvalue weighted by Crippen LogP contribution is -2.46. The standard InChI is InChI=1S/C29H33N3O6/c1-20-7-9-23(13-21(20)2)30-29(34)32(17-25-6-4-12-36-25)18-28(33)31(16-24-5-3-11-35-24)15-22-8-10-26-27(14-22)38-19-37-26/h3,5,7-11,13-14,25H,4,6,12,15-19H2,1-2H3,(H,30,34). The lowest BCUT2D eigenvalue weighted by Gasteiger charge is -2.29. The van der Waals surface area contributed by atoms with Crippen molar-refractivity contribution >= 4 is 17.6 Å². The molecule has 2 aliphatic heterocycles. The van der Waals surface area contributed by atoms with Gasteiger partial charge < -0.3 is 33.7 Å². The molecule has 38 heavy (non-hydrogen) atoms. The molecule has 5 rings (SSSR count). The molecule has 1 atom stereocenters. The van der Waals surface area contributed by atoms with Crippen LogP contribution < -0.4 is 14.8 Å². The van der Waals surface area contributed by atoms with Crippen LogP contribution in [0.4, 0.5) is 10.5 Å². The molecule has 3 heterocycles. The van der Waals surface area contributed by atoms with Gasteiger partial charge in [-0.25, -0.2) is 4.79 Å². The summed E-state index contributed by atoms with van der Waals surface area (Å²) < 4.78 is 22.3. The Balaban J connectivity index is 1.33. The Morgan fingerprint density at radius 2 is 1.84 bits per heavy atom. The summed E-state index contributed by atoms with van der Waals surface area (Å²) in [7, 11) is 0. The quantitative estimate of drug-likeness (QED) is 0.434. The van der Waals surface area contributed by atoms with Gasteiger partial charge in [-0.2, -0.15) is 0 Å². The van der Waals surface area contributed by atoms with Crippen LogP contribution in [0.25, 0.3) is 0 Å². The maximum atomic E-state index is 13.7. The molecule has 1 unspecified atom stereocenters. The fourth-order valence-electron chi connectivity index (χ4n) is 4.62. The number of nitrogens with zero attached hydrogens (tertiary/aromatic N) is 2. The number of carbonyl (C=O) groups is 2. The zero-order chi connectivity index (χ0) is 26.5. The summed E-state index contributed by atoms with van der Waals surface area (Å²) >= 11 is 0. The molecule has 0 saturated carbocycles. The topological polar surface area (TPSA) is 93.5 Å². The first-order valence-corrected chi connectivity index (χ1v) is 12.9. The third-order valence-electron chi connectivity index (χ3n) is 6.91. The van der Waals surface area contributed by atoms with Gasteiger partial charge in [0.15, 0.2) is 11.5 Å². The van der Waals surface area contributed by atoms with E-state index in [4.69, 9.17) is 18.6 Å².